The van der Waals surface area contributed by atoms with E-state index >= 15 is 0 Å². The second-order valence-corrected chi connectivity index (χ2v) is 18.0. The van der Waals surface area contributed by atoms with Crippen molar-refractivity contribution < 1.29 is 61.9 Å². The van der Waals surface area contributed by atoms with Gasteiger partial charge in [-0.3, -0.25) is 18.7 Å². The van der Waals surface area contributed by atoms with Gasteiger partial charge in [-0.05, 0) is 83.3 Å². The van der Waals surface area contributed by atoms with Crippen LogP contribution in [0.5, 0.6) is 0 Å². The Morgan fingerprint density at radius 1 is 0.581 bits per heavy atom. The Kier molecular flexibility index (Phi) is 11.3. The minimum Gasteiger partial charge on any atom is -0.323 e. The highest BCUT2D eigenvalue weighted by atomic mass is 32.2. The number of alkyl halides is 6. The Morgan fingerprint density at radius 2 is 0.871 bits per heavy atom. The van der Waals surface area contributed by atoms with E-state index in [4.69, 9.17) is 11.7 Å². The fraction of sp³-hybridized carbons (Fsp3) is 0.250. The van der Waals surface area contributed by atoms with Crippen LogP contribution in [-0.4, -0.2) is 73.0 Å². The molecule has 2 amide bonds. The first-order chi connectivity index (χ1) is 28.6. The average Bonchev–Trinajstić information content (AvgIpc) is 3.16. The number of hydrazone groups is 2. The third kappa shape index (κ3) is 7.28. The van der Waals surface area contributed by atoms with Crippen LogP contribution >= 0.6 is 0 Å². The highest BCUT2D eigenvalue weighted by molar-refractivity contribution is 7.87. The zero-order chi connectivity index (χ0) is 46.1. The number of hydrogen-bond donors (Lipinski definition) is 4. The molecular weight excluding hydrogens is 871 g/mol. The smallest absolute Gasteiger partial charge is 0.323 e. The quantitative estimate of drug-likeness (QED) is 0.0783. The maximum atomic E-state index is 13.7. The summed E-state index contributed by atoms with van der Waals surface area (Å²) in [5.74, 6) is 6.15. The van der Waals surface area contributed by atoms with Gasteiger partial charge < -0.3 is 11.7 Å². The van der Waals surface area contributed by atoms with E-state index in [0.717, 1.165) is 0 Å². The first kappa shape index (κ1) is 45.4. The van der Waals surface area contributed by atoms with E-state index in [1.165, 1.54) is 100 Å². The molecule has 0 saturated heterocycles. The zero-order valence-electron chi connectivity index (χ0n) is 32.7. The van der Waals surface area contributed by atoms with Crippen LogP contribution in [-0.2, 0) is 39.3 Å². The van der Waals surface area contributed by atoms with Crippen molar-refractivity contribution in [1.82, 2.24) is 0 Å². The maximum absolute atomic E-state index is 13.7. The molecule has 4 aromatic rings. The highest BCUT2D eigenvalue weighted by Gasteiger charge is 2.56. The van der Waals surface area contributed by atoms with Gasteiger partial charge in [-0.2, -0.15) is 53.4 Å². The number of fused-ring (bicyclic) bond motifs is 2. The number of amides is 2. The summed E-state index contributed by atoms with van der Waals surface area (Å²) in [6.45, 7) is 6.03. The Labute approximate surface area is 349 Å². The molecule has 2 unspecified atom stereocenters. The standard InChI is InChI=1S/C40H34F6N6O8S2/c1-19-13-23(14-20(2)31(19)37(61(55,56)57)17-29(51-47)33(49-35(53)39(41,42)43)25-9-5-7-11-27(25)37)24-15-21(3)32(22(4)16-24)38(62(58,59)60)18-30(52-48)34(50-36(54)40(44,45)46)26-10-6-8-12-28(26)38/h5-16H,17-18,47-48H2,1-4H3,(H,55,56,57)(H,58,59,60)/b49-33?,50-34?,51-29-,52-30+. The molecule has 6 rings (SSSR count). The van der Waals surface area contributed by atoms with E-state index in [1.807, 2.05) is 0 Å². The first-order valence-electron chi connectivity index (χ1n) is 18.0. The van der Waals surface area contributed by atoms with Crippen molar-refractivity contribution in [2.45, 2.75) is 62.4 Å². The molecule has 2 aliphatic rings. The summed E-state index contributed by atoms with van der Waals surface area (Å²) in [5.41, 5.74) is -1.62. The zero-order valence-corrected chi connectivity index (χ0v) is 34.3. The number of carbonyl (C=O) groups excluding carboxylic acids is 2. The number of hydrogen-bond acceptors (Lipinski definition) is 10. The van der Waals surface area contributed by atoms with Gasteiger partial charge in [0.15, 0.2) is 9.49 Å². The van der Waals surface area contributed by atoms with Crippen LogP contribution in [0.2, 0.25) is 0 Å². The van der Waals surface area contributed by atoms with Crippen LogP contribution in [0.25, 0.3) is 11.1 Å². The van der Waals surface area contributed by atoms with Gasteiger partial charge >= 0.3 is 24.2 Å². The van der Waals surface area contributed by atoms with E-state index < -0.39 is 89.6 Å². The summed E-state index contributed by atoms with van der Waals surface area (Å²) in [5, 5.41) is 7.02. The summed E-state index contributed by atoms with van der Waals surface area (Å²) >= 11 is 0. The van der Waals surface area contributed by atoms with Crippen molar-refractivity contribution in [3.8, 4) is 11.1 Å². The first-order valence-corrected chi connectivity index (χ1v) is 20.8. The highest BCUT2D eigenvalue weighted by Crippen LogP contribution is 2.51. The third-order valence-electron chi connectivity index (χ3n) is 10.9. The maximum Gasteiger partial charge on any atom is 0.473 e. The van der Waals surface area contributed by atoms with Crippen LogP contribution in [0, 0.1) is 27.7 Å². The van der Waals surface area contributed by atoms with Crippen LogP contribution in [0.1, 0.15) is 68.5 Å². The average molecular weight is 905 g/mol. The minimum atomic E-state index is -5.40. The largest absolute Gasteiger partial charge is 0.473 e. The second kappa shape index (κ2) is 15.4. The molecule has 2 aliphatic carbocycles. The molecule has 6 N–H and O–H groups in total. The summed E-state index contributed by atoms with van der Waals surface area (Å²) < 4.78 is 152. The lowest BCUT2D eigenvalue weighted by Gasteiger charge is -2.40. The predicted molar refractivity (Wildman–Crippen MR) is 216 cm³/mol. The van der Waals surface area contributed by atoms with Gasteiger partial charge in [0, 0.05) is 24.0 Å². The Morgan fingerprint density at radius 3 is 1.13 bits per heavy atom. The molecule has 0 radical (unpaired) electrons. The van der Waals surface area contributed by atoms with E-state index in [9.17, 15) is 61.9 Å². The number of aliphatic imine (C=N–C) groups is 2. The molecule has 2 atom stereocenters. The molecule has 22 heteroatoms. The van der Waals surface area contributed by atoms with Crippen molar-refractivity contribution >= 4 is 54.9 Å². The SMILES string of the molecule is Cc1cc(-c2cc(C)c(C3(S(=O)(=O)O)C/C(=N\N)C(=NC(=O)C(F)(F)F)c4ccccc43)c(C)c2)cc(C)c1C1(S(=O)(=O)O)C/C(=N/N)C(=NC(=O)C(F)(F)F)c2ccccc21. The fourth-order valence-electron chi connectivity index (χ4n) is 8.72. The molecule has 62 heavy (non-hydrogen) atoms. The lowest BCUT2D eigenvalue weighted by Crippen LogP contribution is -2.47. The third-order valence-corrected chi connectivity index (χ3v) is 13.8. The van der Waals surface area contributed by atoms with E-state index in [2.05, 4.69) is 20.2 Å². The molecule has 0 aliphatic heterocycles. The molecule has 14 nitrogen and oxygen atoms in total. The van der Waals surface area contributed by atoms with E-state index in [1.54, 1.807) is 0 Å². The number of rotatable bonds is 5. The second-order valence-electron chi connectivity index (χ2n) is 14.7. The van der Waals surface area contributed by atoms with E-state index in [-0.39, 0.29) is 55.6 Å². The summed E-state index contributed by atoms with van der Waals surface area (Å²) in [6, 6.07) is 16.5. The molecule has 0 heterocycles. The molecule has 326 valence electrons. The number of benzene rings is 4. The van der Waals surface area contributed by atoms with Crippen LogP contribution < -0.4 is 11.7 Å². The van der Waals surface area contributed by atoms with Crippen LogP contribution in [0.3, 0.4) is 0 Å². The van der Waals surface area contributed by atoms with Crippen molar-refractivity contribution in [3.63, 3.8) is 0 Å². The number of nitrogens with zero attached hydrogens (tertiary/aromatic N) is 4. The van der Waals surface area contributed by atoms with Crippen molar-refractivity contribution in [3.05, 3.63) is 128 Å². The summed E-state index contributed by atoms with van der Waals surface area (Å²) in [4.78, 5) is 30.4. The van der Waals surface area contributed by atoms with Gasteiger partial charge in [-0.1, -0.05) is 72.8 Å². The van der Waals surface area contributed by atoms with Crippen LogP contribution in [0.4, 0.5) is 26.3 Å². The van der Waals surface area contributed by atoms with Crippen molar-refractivity contribution in [1.29, 1.82) is 0 Å². The number of aryl methyl sites for hydroxylation is 4. The molecule has 0 aromatic heterocycles. The molecular formula is C40H34F6N6O8S2. The van der Waals surface area contributed by atoms with Gasteiger partial charge in [-0.15, -0.1) is 0 Å². The summed E-state index contributed by atoms with van der Waals surface area (Å²) in [6.07, 6.45) is -12.5. The Hall–Kier alpha value is -6.10. The lowest BCUT2D eigenvalue weighted by atomic mass is 9.72. The number of nitrogens with two attached hydrogens (primary N) is 2. The van der Waals surface area contributed by atoms with Crippen LogP contribution in [0.15, 0.2) is 93.0 Å². The predicted octanol–water partition coefficient (Wildman–Crippen LogP) is 6.04. The Balaban J connectivity index is 1.56. The van der Waals surface area contributed by atoms with Gasteiger partial charge in [-0.25, -0.2) is 9.98 Å². The van der Waals surface area contributed by atoms with Gasteiger partial charge in [0.2, 0.25) is 0 Å². The van der Waals surface area contributed by atoms with Crippen molar-refractivity contribution in [2.75, 3.05) is 0 Å². The molecule has 0 saturated carbocycles. The fourth-order valence-corrected chi connectivity index (χ4v) is 11.4. The number of carbonyl (C=O) groups is 2. The lowest BCUT2D eigenvalue weighted by molar-refractivity contribution is -0.169. The monoisotopic (exact) mass is 904 g/mol. The summed E-state index contributed by atoms with van der Waals surface area (Å²) in [7, 11) is -10.6. The molecule has 0 fully saturated rings. The molecule has 0 spiro atoms. The van der Waals surface area contributed by atoms with Crippen molar-refractivity contribution in [2.24, 2.45) is 31.9 Å². The minimum absolute atomic E-state index is 0.0113. The number of halogens is 6. The van der Waals surface area contributed by atoms with Gasteiger partial charge in [0.05, 0.1) is 22.8 Å². The topological polar surface area (TPSA) is 244 Å². The van der Waals surface area contributed by atoms with Gasteiger partial charge in [0.25, 0.3) is 20.2 Å². The normalized spacial score (nSPS) is 22.2. The molecule has 0 bridgehead atoms. The Bertz CT molecular complexity index is 2720. The van der Waals surface area contributed by atoms with Gasteiger partial charge in [0.1, 0.15) is 0 Å². The molecule has 4 aromatic carbocycles. The van der Waals surface area contributed by atoms with E-state index in [0.29, 0.717) is 11.1 Å².